The molecule has 1 atom stereocenters. The molecule has 0 fully saturated rings. The van der Waals surface area contributed by atoms with E-state index in [1.54, 1.807) is 0 Å². The van der Waals surface area contributed by atoms with Gasteiger partial charge in [-0.25, -0.2) is 0 Å². The Morgan fingerprint density at radius 1 is 1.29 bits per heavy atom. The third-order valence-electron chi connectivity index (χ3n) is 2.63. The van der Waals surface area contributed by atoms with Crippen molar-refractivity contribution >= 4 is 0 Å². The van der Waals surface area contributed by atoms with Crippen LogP contribution in [0.25, 0.3) is 0 Å². The largest absolute Gasteiger partial charge is 0.373 e. The average molecular weight is 187 g/mol. The summed E-state index contributed by atoms with van der Waals surface area (Å²) < 4.78 is 0. The molecular weight excluding hydrogens is 170 g/mol. The quantitative estimate of drug-likeness (QED) is 0.688. The first-order chi connectivity index (χ1) is 6.84. The summed E-state index contributed by atoms with van der Waals surface area (Å²) in [6.45, 7) is 4.54. The van der Waals surface area contributed by atoms with E-state index in [1.807, 2.05) is 0 Å². The number of hydrogen-bond acceptors (Lipinski definition) is 1. The highest BCUT2D eigenvalue weighted by Crippen LogP contribution is 2.15. The maximum Gasteiger partial charge on any atom is 0.0423 e. The molecule has 1 unspecified atom stereocenters. The predicted molar refractivity (Wildman–Crippen MR) is 59.8 cm³/mol. The topological polar surface area (TPSA) is 3.24 Å². The van der Waals surface area contributed by atoms with E-state index in [9.17, 15) is 0 Å². The summed E-state index contributed by atoms with van der Waals surface area (Å²) in [4.78, 5) is 2.39. The average Bonchev–Trinajstić information content (AvgIpc) is 2.19. The lowest BCUT2D eigenvalue weighted by molar-refractivity contribution is 0.294. The number of nitrogens with zero attached hydrogens (tertiary/aromatic N) is 1. The third kappa shape index (κ3) is 2.38. The standard InChI is InChI=1S/C13H17N/c1-12-6-5-9-14(10-12)11-13-7-3-2-4-8-13/h2-5,7-9,12H,6,10-11H2,1H3. The van der Waals surface area contributed by atoms with Gasteiger partial charge in [0.05, 0.1) is 0 Å². The van der Waals surface area contributed by atoms with Gasteiger partial charge in [-0.3, -0.25) is 0 Å². The van der Waals surface area contributed by atoms with E-state index < -0.39 is 0 Å². The van der Waals surface area contributed by atoms with Crippen LogP contribution in [0.1, 0.15) is 18.9 Å². The Hall–Kier alpha value is -1.24. The molecule has 1 aliphatic rings. The summed E-state index contributed by atoms with van der Waals surface area (Å²) in [7, 11) is 0. The van der Waals surface area contributed by atoms with Crippen molar-refractivity contribution in [3.63, 3.8) is 0 Å². The van der Waals surface area contributed by atoms with Crippen molar-refractivity contribution < 1.29 is 0 Å². The lowest BCUT2D eigenvalue weighted by atomic mass is 10.0. The summed E-state index contributed by atoms with van der Waals surface area (Å²) in [6.07, 6.45) is 5.73. The Bertz CT molecular complexity index is 302. The molecule has 0 spiro atoms. The SMILES string of the molecule is CC1CC=CN(Cc2ccccc2)C1. The maximum absolute atomic E-state index is 2.39. The molecule has 0 amide bonds. The highest BCUT2D eigenvalue weighted by molar-refractivity contribution is 5.15. The van der Waals surface area contributed by atoms with E-state index >= 15 is 0 Å². The fourth-order valence-electron chi connectivity index (χ4n) is 1.91. The molecule has 1 nitrogen and oxygen atoms in total. The van der Waals surface area contributed by atoms with Gasteiger partial charge in [-0.05, 0) is 24.1 Å². The van der Waals surface area contributed by atoms with Crippen LogP contribution >= 0.6 is 0 Å². The minimum absolute atomic E-state index is 0.795. The van der Waals surface area contributed by atoms with Gasteiger partial charge in [0, 0.05) is 13.1 Å². The first kappa shape index (κ1) is 9.32. The molecule has 0 aliphatic carbocycles. The van der Waals surface area contributed by atoms with E-state index in [0.29, 0.717) is 0 Å². The molecule has 1 heteroatoms. The minimum Gasteiger partial charge on any atom is -0.373 e. The summed E-state index contributed by atoms with van der Waals surface area (Å²) in [5, 5.41) is 0. The van der Waals surface area contributed by atoms with Gasteiger partial charge in [-0.15, -0.1) is 0 Å². The Morgan fingerprint density at radius 3 is 2.79 bits per heavy atom. The second-order valence-electron chi connectivity index (χ2n) is 4.14. The van der Waals surface area contributed by atoms with E-state index in [1.165, 1.54) is 18.5 Å². The number of benzene rings is 1. The van der Waals surface area contributed by atoms with E-state index in [2.05, 4.69) is 54.4 Å². The molecule has 0 aromatic heterocycles. The highest BCUT2D eigenvalue weighted by atomic mass is 15.1. The van der Waals surface area contributed by atoms with Crippen LogP contribution in [0.2, 0.25) is 0 Å². The van der Waals surface area contributed by atoms with Crippen LogP contribution in [0.5, 0.6) is 0 Å². The Kier molecular flexibility index (Phi) is 2.87. The van der Waals surface area contributed by atoms with Gasteiger partial charge in [0.1, 0.15) is 0 Å². The van der Waals surface area contributed by atoms with Gasteiger partial charge in [-0.2, -0.15) is 0 Å². The van der Waals surface area contributed by atoms with Crippen LogP contribution < -0.4 is 0 Å². The van der Waals surface area contributed by atoms with Crippen molar-refractivity contribution in [2.75, 3.05) is 6.54 Å². The molecular formula is C13H17N. The van der Waals surface area contributed by atoms with Crippen molar-refractivity contribution in [1.82, 2.24) is 4.90 Å². The van der Waals surface area contributed by atoms with Gasteiger partial charge in [0.25, 0.3) is 0 Å². The summed E-state index contributed by atoms with van der Waals surface area (Å²) in [6, 6.07) is 10.7. The van der Waals surface area contributed by atoms with Gasteiger partial charge in [0.15, 0.2) is 0 Å². The molecule has 0 saturated carbocycles. The van der Waals surface area contributed by atoms with Crippen LogP contribution in [-0.2, 0) is 6.54 Å². The summed E-state index contributed by atoms with van der Waals surface area (Å²) in [5.41, 5.74) is 1.39. The molecule has 1 aromatic rings. The fraction of sp³-hybridized carbons (Fsp3) is 0.385. The van der Waals surface area contributed by atoms with Crippen LogP contribution in [0, 0.1) is 5.92 Å². The zero-order chi connectivity index (χ0) is 9.80. The third-order valence-corrected chi connectivity index (χ3v) is 2.63. The van der Waals surface area contributed by atoms with E-state index in [0.717, 1.165) is 12.5 Å². The zero-order valence-electron chi connectivity index (χ0n) is 8.69. The van der Waals surface area contributed by atoms with E-state index in [4.69, 9.17) is 0 Å². The van der Waals surface area contributed by atoms with Gasteiger partial charge in [0.2, 0.25) is 0 Å². The number of rotatable bonds is 2. The second kappa shape index (κ2) is 4.32. The van der Waals surface area contributed by atoms with Crippen LogP contribution in [0.4, 0.5) is 0 Å². The van der Waals surface area contributed by atoms with Gasteiger partial charge < -0.3 is 4.90 Å². The molecule has 0 saturated heterocycles. The van der Waals surface area contributed by atoms with E-state index in [-0.39, 0.29) is 0 Å². The van der Waals surface area contributed by atoms with Crippen molar-refractivity contribution in [3.8, 4) is 0 Å². The smallest absolute Gasteiger partial charge is 0.0423 e. The number of allylic oxidation sites excluding steroid dienone is 1. The Balaban J connectivity index is 1.98. The Morgan fingerprint density at radius 2 is 2.07 bits per heavy atom. The van der Waals surface area contributed by atoms with Crippen molar-refractivity contribution in [2.24, 2.45) is 5.92 Å². The first-order valence-electron chi connectivity index (χ1n) is 5.29. The molecule has 1 heterocycles. The molecule has 74 valence electrons. The molecule has 14 heavy (non-hydrogen) atoms. The zero-order valence-corrected chi connectivity index (χ0v) is 8.69. The van der Waals surface area contributed by atoms with Crippen LogP contribution in [0.15, 0.2) is 42.6 Å². The normalized spacial score (nSPS) is 21.2. The molecule has 0 radical (unpaired) electrons. The highest BCUT2D eigenvalue weighted by Gasteiger charge is 2.10. The monoisotopic (exact) mass is 187 g/mol. The van der Waals surface area contributed by atoms with Gasteiger partial charge in [-0.1, -0.05) is 43.3 Å². The maximum atomic E-state index is 2.39. The lowest BCUT2D eigenvalue weighted by Crippen LogP contribution is -2.25. The van der Waals surface area contributed by atoms with Crippen LogP contribution in [-0.4, -0.2) is 11.4 Å². The van der Waals surface area contributed by atoms with Crippen LogP contribution in [0.3, 0.4) is 0 Å². The molecule has 2 rings (SSSR count). The predicted octanol–water partition coefficient (Wildman–Crippen LogP) is 3.04. The first-order valence-corrected chi connectivity index (χ1v) is 5.29. The second-order valence-corrected chi connectivity index (χ2v) is 4.14. The lowest BCUT2D eigenvalue weighted by Gasteiger charge is -2.27. The fourth-order valence-corrected chi connectivity index (χ4v) is 1.91. The molecule has 1 aliphatic heterocycles. The van der Waals surface area contributed by atoms with Crippen molar-refractivity contribution in [3.05, 3.63) is 48.2 Å². The Labute approximate surface area is 86.1 Å². The molecule has 0 N–H and O–H groups in total. The molecule has 0 bridgehead atoms. The number of hydrogen-bond donors (Lipinski definition) is 0. The van der Waals surface area contributed by atoms with Crippen molar-refractivity contribution in [2.45, 2.75) is 19.9 Å². The summed E-state index contributed by atoms with van der Waals surface area (Å²) >= 11 is 0. The molecule has 1 aromatic carbocycles. The van der Waals surface area contributed by atoms with Crippen molar-refractivity contribution in [1.29, 1.82) is 0 Å². The summed E-state index contributed by atoms with van der Waals surface area (Å²) in [5.74, 6) is 0.795. The minimum atomic E-state index is 0.795. The van der Waals surface area contributed by atoms with Gasteiger partial charge >= 0.3 is 0 Å².